The maximum atomic E-state index is 12.2. The minimum atomic E-state index is -3.75. The fourth-order valence-corrected chi connectivity index (χ4v) is 3.68. The summed E-state index contributed by atoms with van der Waals surface area (Å²) in [4.78, 5) is 0.00796. The van der Waals surface area contributed by atoms with Crippen molar-refractivity contribution < 1.29 is 13.5 Å². The van der Waals surface area contributed by atoms with E-state index in [4.69, 9.17) is 16.7 Å². The molecule has 2 rings (SSSR count). The van der Waals surface area contributed by atoms with E-state index in [0.29, 0.717) is 15.7 Å². The largest absolute Gasteiger partial charge is 0.392 e. The van der Waals surface area contributed by atoms with Gasteiger partial charge in [0.2, 0.25) is 0 Å². The summed E-state index contributed by atoms with van der Waals surface area (Å²) in [7, 11) is -3.75. The first kappa shape index (κ1) is 15.3. The van der Waals surface area contributed by atoms with E-state index in [9.17, 15) is 8.42 Å². The Hall–Kier alpha value is -1.08. The van der Waals surface area contributed by atoms with Gasteiger partial charge in [-0.3, -0.25) is 4.72 Å². The van der Waals surface area contributed by atoms with Crippen molar-refractivity contribution in [3.63, 3.8) is 0 Å². The van der Waals surface area contributed by atoms with E-state index in [1.54, 1.807) is 30.3 Å². The maximum Gasteiger partial charge on any atom is 0.263 e. The van der Waals surface area contributed by atoms with Crippen molar-refractivity contribution in [2.45, 2.75) is 11.5 Å². The van der Waals surface area contributed by atoms with Gasteiger partial charge in [0.25, 0.3) is 10.0 Å². The molecule has 2 aromatic carbocycles. The van der Waals surface area contributed by atoms with Crippen LogP contribution in [0.3, 0.4) is 0 Å². The fraction of sp³-hybridized carbons (Fsp3) is 0.0769. The molecule has 2 aromatic rings. The number of hydrogen-bond acceptors (Lipinski definition) is 3. The second kappa shape index (κ2) is 6.13. The fourth-order valence-electron chi connectivity index (χ4n) is 1.58. The molecular weight excluding hydrogens is 366 g/mol. The van der Waals surface area contributed by atoms with E-state index >= 15 is 0 Å². The molecule has 7 heteroatoms. The molecule has 0 unspecified atom stereocenters. The van der Waals surface area contributed by atoms with Crippen LogP contribution < -0.4 is 4.72 Å². The van der Waals surface area contributed by atoms with Crippen molar-refractivity contribution in [1.29, 1.82) is 0 Å². The minimum Gasteiger partial charge on any atom is -0.392 e. The van der Waals surface area contributed by atoms with Gasteiger partial charge in [-0.25, -0.2) is 8.42 Å². The first-order chi connectivity index (χ1) is 9.42. The summed E-state index contributed by atoms with van der Waals surface area (Å²) in [5.74, 6) is 0. The molecule has 0 spiro atoms. The van der Waals surface area contributed by atoms with Crippen molar-refractivity contribution in [2.75, 3.05) is 4.72 Å². The Morgan fingerprint density at radius 3 is 2.35 bits per heavy atom. The molecule has 20 heavy (non-hydrogen) atoms. The molecule has 106 valence electrons. The van der Waals surface area contributed by atoms with Crippen LogP contribution in [-0.2, 0) is 16.6 Å². The summed E-state index contributed by atoms with van der Waals surface area (Å²) in [6.45, 7) is -0.0917. The monoisotopic (exact) mass is 375 g/mol. The van der Waals surface area contributed by atoms with Crippen molar-refractivity contribution >= 4 is 43.2 Å². The lowest BCUT2D eigenvalue weighted by molar-refractivity contribution is 0.282. The second-order valence-corrected chi connectivity index (χ2v) is 7.01. The van der Waals surface area contributed by atoms with Gasteiger partial charge in [0, 0.05) is 10.2 Å². The molecule has 0 atom stereocenters. The topological polar surface area (TPSA) is 66.4 Å². The third-order valence-electron chi connectivity index (χ3n) is 2.57. The number of nitrogens with one attached hydrogen (secondary N) is 1. The highest BCUT2D eigenvalue weighted by molar-refractivity contribution is 9.10. The first-order valence-corrected chi connectivity index (χ1v) is 8.25. The van der Waals surface area contributed by atoms with E-state index in [2.05, 4.69) is 20.7 Å². The predicted octanol–water partition coefficient (Wildman–Crippen LogP) is 3.40. The van der Waals surface area contributed by atoms with Gasteiger partial charge in [0.1, 0.15) is 4.90 Å². The van der Waals surface area contributed by atoms with Crippen LogP contribution in [0, 0.1) is 0 Å². The lowest BCUT2D eigenvalue weighted by Crippen LogP contribution is -2.13. The van der Waals surface area contributed by atoms with E-state index < -0.39 is 10.0 Å². The Morgan fingerprint density at radius 2 is 1.80 bits per heavy atom. The number of aliphatic hydroxyl groups is 1. The smallest absolute Gasteiger partial charge is 0.263 e. The second-order valence-electron chi connectivity index (χ2n) is 4.04. The van der Waals surface area contributed by atoms with Gasteiger partial charge in [-0.2, -0.15) is 0 Å². The highest BCUT2D eigenvalue weighted by Gasteiger charge is 2.18. The molecule has 0 aromatic heterocycles. The van der Waals surface area contributed by atoms with Crippen molar-refractivity contribution in [2.24, 2.45) is 0 Å². The molecule has 0 aliphatic heterocycles. The number of hydrogen-bond donors (Lipinski definition) is 2. The highest BCUT2D eigenvalue weighted by atomic mass is 79.9. The van der Waals surface area contributed by atoms with Gasteiger partial charge in [0.15, 0.2) is 0 Å². The zero-order valence-electron chi connectivity index (χ0n) is 10.2. The normalized spacial score (nSPS) is 11.3. The van der Waals surface area contributed by atoms with Crippen molar-refractivity contribution in [3.05, 3.63) is 57.5 Å². The zero-order valence-corrected chi connectivity index (χ0v) is 13.3. The van der Waals surface area contributed by atoms with Crippen LogP contribution in [0.2, 0.25) is 5.02 Å². The highest BCUT2D eigenvalue weighted by Crippen LogP contribution is 2.27. The van der Waals surface area contributed by atoms with Gasteiger partial charge in [-0.05, 0) is 35.9 Å². The van der Waals surface area contributed by atoms with Crippen LogP contribution in [0.5, 0.6) is 0 Å². The lowest BCUT2D eigenvalue weighted by atomic mass is 10.2. The van der Waals surface area contributed by atoms with Crippen LogP contribution >= 0.6 is 27.5 Å². The number of benzene rings is 2. The van der Waals surface area contributed by atoms with Gasteiger partial charge < -0.3 is 5.11 Å². The summed E-state index contributed by atoms with van der Waals surface area (Å²) >= 11 is 9.17. The molecule has 0 aliphatic rings. The van der Waals surface area contributed by atoms with Gasteiger partial charge in [-0.1, -0.05) is 39.7 Å². The van der Waals surface area contributed by atoms with Crippen LogP contribution in [0.4, 0.5) is 5.69 Å². The van der Waals surface area contributed by atoms with Crippen LogP contribution in [0.1, 0.15) is 5.56 Å². The molecule has 0 saturated heterocycles. The minimum absolute atomic E-state index is 0.00796. The molecule has 0 saturated carbocycles. The summed E-state index contributed by atoms with van der Waals surface area (Å²) in [5, 5.41) is 9.08. The maximum absolute atomic E-state index is 12.2. The van der Waals surface area contributed by atoms with E-state index in [1.165, 1.54) is 12.1 Å². The Bertz CT molecular complexity index is 717. The molecule has 0 amide bonds. The number of anilines is 1. The number of sulfonamides is 1. The Balaban J connectivity index is 2.30. The summed E-state index contributed by atoms with van der Waals surface area (Å²) in [6.07, 6.45) is 0. The number of halogens is 2. The Labute approximate surface area is 130 Å². The van der Waals surface area contributed by atoms with E-state index in [1.807, 2.05) is 0 Å². The third-order valence-corrected chi connectivity index (χ3v) is 4.93. The average molecular weight is 377 g/mol. The molecule has 0 bridgehead atoms. The third kappa shape index (κ3) is 3.52. The molecule has 0 radical (unpaired) electrons. The van der Waals surface area contributed by atoms with Crippen LogP contribution in [-0.4, -0.2) is 13.5 Å². The van der Waals surface area contributed by atoms with E-state index in [0.717, 1.165) is 0 Å². The zero-order chi connectivity index (χ0) is 14.8. The first-order valence-electron chi connectivity index (χ1n) is 5.60. The molecule has 0 aliphatic carbocycles. The van der Waals surface area contributed by atoms with Crippen LogP contribution in [0.15, 0.2) is 51.8 Å². The predicted molar refractivity (Wildman–Crippen MR) is 82.3 cm³/mol. The lowest BCUT2D eigenvalue weighted by Gasteiger charge is -2.10. The summed E-state index contributed by atoms with van der Waals surface area (Å²) < 4.78 is 27.6. The molecule has 0 fully saturated rings. The van der Waals surface area contributed by atoms with Gasteiger partial charge >= 0.3 is 0 Å². The van der Waals surface area contributed by atoms with Crippen molar-refractivity contribution in [3.8, 4) is 0 Å². The Morgan fingerprint density at radius 1 is 1.15 bits per heavy atom. The number of aliphatic hydroxyl groups excluding tert-OH is 1. The molecular formula is C13H11BrClNO3S. The average Bonchev–Trinajstić information content (AvgIpc) is 2.38. The summed E-state index contributed by atoms with van der Waals surface area (Å²) in [5.41, 5.74) is 1.11. The number of rotatable bonds is 4. The van der Waals surface area contributed by atoms with Gasteiger partial charge in [0.05, 0.1) is 11.6 Å². The van der Waals surface area contributed by atoms with E-state index in [-0.39, 0.29) is 16.5 Å². The van der Waals surface area contributed by atoms with Gasteiger partial charge in [-0.15, -0.1) is 0 Å². The standard InChI is InChI=1S/C13H11BrClNO3S/c14-10-3-6-13(12(15)7-10)20(18,19)16-11-4-1-9(8-17)2-5-11/h1-7,16-17H,8H2. The SMILES string of the molecule is O=S(=O)(Nc1ccc(CO)cc1)c1ccc(Br)cc1Cl. The van der Waals surface area contributed by atoms with Crippen molar-refractivity contribution in [1.82, 2.24) is 0 Å². The molecule has 0 heterocycles. The molecule has 4 nitrogen and oxygen atoms in total. The summed E-state index contributed by atoms with van der Waals surface area (Å²) in [6, 6.07) is 11.0. The molecule has 2 N–H and O–H groups in total. The quantitative estimate of drug-likeness (QED) is 0.859. The van der Waals surface area contributed by atoms with Crippen LogP contribution in [0.25, 0.3) is 0 Å². The Kier molecular flexibility index (Phi) is 4.70.